The van der Waals surface area contributed by atoms with E-state index < -0.39 is 9.84 Å². The molecule has 0 aliphatic carbocycles. The first kappa shape index (κ1) is 12.9. The number of carbonyl (C=O) groups excluding carboxylic acids is 1. The maximum Gasteiger partial charge on any atom is 0.225 e. The van der Waals surface area contributed by atoms with Crippen LogP contribution in [0.3, 0.4) is 0 Å². The topological polar surface area (TPSA) is 51.2 Å². The van der Waals surface area contributed by atoms with Crippen LogP contribution in [-0.2, 0) is 14.6 Å². The number of allylic oxidation sites excluding steroid dienone is 1. The van der Waals surface area contributed by atoms with Crippen molar-refractivity contribution in [3.63, 3.8) is 0 Å². The van der Waals surface area contributed by atoms with Gasteiger partial charge in [0.15, 0.2) is 9.84 Å². The molecule has 0 atom stereocenters. The molecule has 5 heteroatoms. The van der Waals surface area contributed by atoms with E-state index in [0.29, 0.717) is 0 Å². The Hall–Kier alpha value is -1.13. The highest BCUT2D eigenvalue weighted by Gasteiger charge is 2.12. The van der Waals surface area contributed by atoms with Crippen LogP contribution in [0.1, 0.15) is 5.56 Å². The van der Waals surface area contributed by atoms with Gasteiger partial charge in [-0.2, -0.15) is 0 Å². The first-order chi connectivity index (χ1) is 7.60. The summed E-state index contributed by atoms with van der Waals surface area (Å²) in [5.41, 5.74) is 0.744. The van der Waals surface area contributed by atoms with Gasteiger partial charge in [-0.05, 0) is 23.8 Å². The zero-order valence-corrected chi connectivity index (χ0v) is 9.96. The standard InChI is InChI=1S/C11H10ClO3S/c12-7-9-16(14,15)11-5-3-10(4-6-11)2-1-8-13/h1-6H,7,9H2. The zero-order chi connectivity index (χ0) is 12.0. The van der Waals surface area contributed by atoms with Gasteiger partial charge in [-0.25, -0.2) is 8.42 Å². The smallest absolute Gasteiger partial charge is 0.225 e. The summed E-state index contributed by atoms with van der Waals surface area (Å²) < 4.78 is 23.2. The fraction of sp³-hybridized carbons (Fsp3) is 0.182. The zero-order valence-electron chi connectivity index (χ0n) is 8.39. The molecule has 0 N–H and O–H groups in total. The summed E-state index contributed by atoms with van der Waals surface area (Å²) in [6.07, 6.45) is 4.39. The molecule has 0 aliphatic heterocycles. The van der Waals surface area contributed by atoms with Crippen LogP contribution in [0.4, 0.5) is 0 Å². The van der Waals surface area contributed by atoms with Crippen LogP contribution in [0.15, 0.2) is 35.2 Å². The van der Waals surface area contributed by atoms with Gasteiger partial charge in [0.25, 0.3) is 0 Å². The van der Waals surface area contributed by atoms with E-state index in [1.54, 1.807) is 24.5 Å². The summed E-state index contributed by atoms with van der Waals surface area (Å²) >= 11 is 5.40. The van der Waals surface area contributed by atoms with E-state index in [1.807, 2.05) is 0 Å². The lowest BCUT2D eigenvalue weighted by atomic mass is 10.2. The highest BCUT2D eigenvalue weighted by Crippen LogP contribution is 2.13. The van der Waals surface area contributed by atoms with Crippen molar-refractivity contribution in [2.45, 2.75) is 4.90 Å². The monoisotopic (exact) mass is 257 g/mol. The van der Waals surface area contributed by atoms with Crippen molar-refractivity contribution in [2.24, 2.45) is 0 Å². The van der Waals surface area contributed by atoms with Crippen LogP contribution >= 0.6 is 11.6 Å². The Kier molecular flexibility index (Phi) is 4.71. The number of rotatable bonds is 5. The molecule has 16 heavy (non-hydrogen) atoms. The van der Waals surface area contributed by atoms with Gasteiger partial charge in [0.1, 0.15) is 0 Å². The Balaban J connectivity index is 2.95. The van der Waals surface area contributed by atoms with Crippen molar-refractivity contribution in [2.75, 3.05) is 11.6 Å². The van der Waals surface area contributed by atoms with Crippen LogP contribution in [0.25, 0.3) is 6.08 Å². The molecule has 0 saturated carbocycles. The second kappa shape index (κ2) is 5.82. The fourth-order valence-corrected chi connectivity index (χ4v) is 2.73. The van der Waals surface area contributed by atoms with E-state index in [-0.39, 0.29) is 16.5 Å². The number of hydrogen-bond acceptors (Lipinski definition) is 3. The summed E-state index contributed by atoms with van der Waals surface area (Å²) in [7, 11) is -3.28. The van der Waals surface area contributed by atoms with E-state index in [2.05, 4.69) is 0 Å². The Bertz CT molecular complexity index is 474. The van der Waals surface area contributed by atoms with Gasteiger partial charge >= 0.3 is 0 Å². The maximum absolute atomic E-state index is 11.6. The van der Waals surface area contributed by atoms with Crippen LogP contribution < -0.4 is 0 Å². The van der Waals surface area contributed by atoms with E-state index in [0.717, 1.165) is 5.56 Å². The molecular formula is C11H10ClO3S. The van der Waals surface area contributed by atoms with Crippen molar-refractivity contribution in [3.05, 3.63) is 35.9 Å². The quantitative estimate of drug-likeness (QED) is 0.597. The SMILES string of the molecule is O=[C]C=Cc1ccc(S(=O)(=O)CCCl)cc1. The van der Waals surface area contributed by atoms with E-state index in [9.17, 15) is 13.2 Å². The van der Waals surface area contributed by atoms with Crippen LogP contribution in [0.5, 0.6) is 0 Å². The maximum atomic E-state index is 11.6. The van der Waals surface area contributed by atoms with Gasteiger partial charge in [0, 0.05) is 5.88 Å². The normalized spacial score (nSPS) is 11.8. The van der Waals surface area contributed by atoms with E-state index in [1.165, 1.54) is 18.2 Å². The minimum absolute atomic E-state index is 0.0735. The molecule has 0 unspecified atom stereocenters. The van der Waals surface area contributed by atoms with Crippen molar-refractivity contribution >= 4 is 33.8 Å². The summed E-state index contributed by atoms with van der Waals surface area (Å²) in [6, 6.07) is 6.22. The third-order valence-electron chi connectivity index (χ3n) is 1.93. The average Bonchev–Trinajstić information content (AvgIpc) is 2.27. The third-order valence-corrected chi connectivity index (χ3v) is 4.07. The molecule has 3 nitrogen and oxygen atoms in total. The molecule has 0 spiro atoms. The van der Waals surface area contributed by atoms with Crippen LogP contribution in [0, 0.1) is 0 Å². The highest BCUT2D eigenvalue weighted by molar-refractivity contribution is 7.91. The molecule has 1 aromatic carbocycles. The van der Waals surface area contributed by atoms with Gasteiger partial charge < -0.3 is 0 Å². The molecule has 0 bridgehead atoms. The van der Waals surface area contributed by atoms with E-state index in [4.69, 9.17) is 11.6 Å². The minimum Gasteiger partial charge on any atom is -0.286 e. The largest absolute Gasteiger partial charge is 0.286 e. The highest BCUT2D eigenvalue weighted by atomic mass is 35.5. The molecular weight excluding hydrogens is 248 g/mol. The molecule has 0 fully saturated rings. The molecule has 1 rings (SSSR count). The first-order valence-electron chi connectivity index (χ1n) is 4.53. The Morgan fingerprint density at radius 3 is 2.38 bits per heavy atom. The average molecular weight is 258 g/mol. The molecule has 0 saturated heterocycles. The summed E-state index contributed by atoms with van der Waals surface area (Å²) in [6.45, 7) is 0. The minimum atomic E-state index is -3.28. The Morgan fingerprint density at radius 1 is 1.25 bits per heavy atom. The second-order valence-corrected chi connectivity index (χ2v) is 5.52. The summed E-state index contributed by atoms with van der Waals surface area (Å²) in [5.74, 6) is -0.00402. The van der Waals surface area contributed by atoms with Crippen molar-refractivity contribution in [3.8, 4) is 0 Å². The summed E-state index contributed by atoms with van der Waals surface area (Å²) in [4.78, 5) is 10.2. The third kappa shape index (κ3) is 3.47. The van der Waals surface area contributed by atoms with E-state index >= 15 is 0 Å². The van der Waals surface area contributed by atoms with Crippen molar-refractivity contribution in [1.29, 1.82) is 0 Å². The number of alkyl halides is 1. The number of hydrogen-bond donors (Lipinski definition) is 0. The van der Waals surface area contributed by atoms with Crippen LogP contribution in [-0.4, -0.2) is 26.3 Å². The van der Waals surface area contributed by atoms with Crippen molar-refractivity contribution < 1.29 is 13.2 Å². The van der Waals surface area contributed by atoms with Gasteiger partial charge in [-0.3, -0.25) is 4.79 Å². The summed E-state index contributed by atoms with van der Waals surface area (Å²) in [5, 5.41) is 0. The molecule has 0 aliphatic rings. The fourth-order valence-electron chi connectivity index (χ4n) is 1.14. The first-order valence-corrected chi connectivity index (χ1v) is 6.72. The number of halogens is 1. The number of benzene rings is 1. The molecule has 0 amide bonds. The van der Waals surface area contributed by atoms with Crippen molar-refractivity contribution in [1.82, 2.24) is 0 Å². The molecule has 0 heterocycles. The number of sulfone groups is 1. The van der Waals surface area contributed by atoms with Gasteiger partial charge in [-0.15, -0.1) is 11.6 Å². The second-order valence-electron chi connectivity index (χ2n) is 3.03. The lowest BCUT2D eigenvalue weighted by molar-refractivity contribution is 0.564. The van der Waals surface area contributed by atoms with Gasteiger partial charge in [0.2, 0.25) is 6.29 Å². The lowest BCUT2D eigenvalue weighted by Crippen LogP contribution is -2.07. The van der Waals surface area contributed by atoms with Gasteiger partial charge in [0.05, 0.1) is 10.6 Å². The Labute approximate surface area is 99.7 Å². The predicted octanol–water partition coefficient (Wildman–Crippen LogP) is 1.82. The lowest BCUT2D eigenvalue weighted by Gasteiger charge is -2.02. The molecule has 1 aromatic rings. The molecule has 85 valence electrons. The predicted molar refractivity (Wildman–Crippen MR) is 63.9 cm³/mol. The molecule has 0 aromatic heterocycles. The van der Waals surface area contributed by atoms with Gasteiger partial charge in [-0.1, -0.05) is 18.2 Å². The molecule has 1 radical (unpaired) electrons. The Morgan fingerprint density at radius 2 is 1.88 bits per heavy atom. The van der Waals surface area contributed by atoms with Crippen LogP contribution in [0.2, 0.25) is 0 Å².